The van der Waals surface area contributed by atoms with E-state index in [9.17, 15) is 0 Å². The highest BCUT2D eigenvalue weighted by Crippen LogP contribution is 2.40. The summed E-state index contributed by atoms with van der Waals surface area (Å²) >= 11 is 2.11. The Morgan fingerprint density at radius 3 is 2.28 bits per heavy atom. The van der Waals surface area contributed by atoms with Crippen molar-refractivity contribution in [1.29, 1.82) is 0 Å². The Labute approximate surface area is 116 Å². The molecule has 1 fully saturated rings. The van der Waals surface area contributed by atoms with Gasteiger partial charge in [-0.1, -0.05) is 49.1 Å². The summed E-state index contributed by atoms with van der Waals surface area (Å²) in [5, 5.41) is 1.27. The third-order valence-electron chi connectivity index (χ3n) is 3.77. The first-order valence-corrected chi connectivity index (χ1v) is 8.08. The summed E-state index contributed by atoms with van der Waals surface area (Å²) < 4.78 is 0. The van der Waals surface area contributed by atoms with Gasteiger partial charge in [-0.2, -0.15) is 0 Å². The van der Waals surface area contributed by atoms with Crippen LogP contribution in [0.3, 0.4) is 0 Å². The fourth-order valence-electron chi connectivity index (χ4n) is 2.67. The second-order valence-corrected chi connectivity index (χ2v) is 7.03. The van der Waals surface area contributed by atoms with Crippen LogP contribution in [0.4, 0.5) is 0 Å². The van der Waals surface area contributed by atoms with Crippen LogP contribution in [0.25, 0.3) is 0 Å². The Hall–Kier alpha value is -0.470. The lowest BCUT2D eigenvalue weighted by Gasteiger charge is -2.28. The largest absolute Gasteiger partial charge is 0.327 e. The molecule has 0 amide bonds. The van der Waals surface area contributed by atoms with Crippen LogP contribution in [0, 0.1) is 6.92 Å². The molecule has 1 aliphatic carbocycles. The number of rotatable bonds is 4. The monoisotopic (exact) mass is 263 g/mol. The lowest BCUT2D eigenvalue weighted by Crippen LogP contribution is -2.25. The third-order valence-corrected chi connectivity index (χ3v) is 5.63. The van der Waals surface area contributed by atoms with Gasteiger partial charge in [0.25, 0.3) is 0 Å². The minimum Gasteiger partial charge on any atom is -0.327 e. The molecular formula is C16H25NS. The van der Waals surface area contributed by atoms with Crippen LogP contribution in [0.1, 0.15) is 55.4 Å². The summed E-state index contributed by atoms with van der Waals surface area (Å²) in [7, 11) is 0. The zero-order valence-corrected chi connectivity index (χ0v) is 12.4. The first-order chi connectivity index (χ1) is 8.66. The summed E-state index contributed by atoms with van der Waals surface area (Å²) in [5.74, 6) is 0. The zero-order valence-electron chi connectivity index (χ0n) is 11.6. The Balaban J connectivity index is 2.05. The third kappa shape index (κ3) is 3.76. The van der Waals surface area contributed by atoms with Gasteiger partial charge in [0.2, 0.25) is 0 Å². The second kappa shape index (κ2) is 6.63. The van der Waals surface area contributed by atoms with Crippen LogP contribution in [-0.4, -0.2) is 11.3 Å². The van der Waals surface area contributed by atoms with Crippen molar-refractivity contribution in [3.05, 3.63) is 35.4 Å². The highest BCUT2D eigenvalue weighted by Gasteiger charge is 2.23. The Morgan fingerprint density at radius 1 is 1.11 bits per heavy atom. The number of thioether (sulfide) groups is 1. The molecule has 2 rings (SSSR count). The standard InChI is InChI=1S/C16H25NS/c1-12-8-10-14(11-9-12)16(13(2)17)18-15-6-4-3-5-7-15/h8-11,13,15-16H,3-7,17H2,1-2H3. The smallest absolute Gasteiger partial charge is 0.0448 e. The molecule has 1 aliphatic rings. The van der Waals surface area contributed by atoms with Gasteiger partial charge in [0.05, 0.1) is 0 Å². The molecule has 1 aromatic carbocycles. The lowest BCUT2D eigenvalue weighted by atomic mass is 10.0. The summed E-state index contributed by atoms with van der Waals surface area (Å²) in [6.07, 6.45) is 6.97. The predicted molar refractivity (Wildman–Crippen MR) is 82.0 cm³/mol. The number of hydrogen-bond acceptors (Lipinski definition) is 2. The van der Waals surface area contributed by atoms with Gasteiger partial charge in [0.15, 0.2) is 0 Å². The SMILES string of the molecule is Cc1ccc(C(SC2CCCCC2)C(C)N)cc1. The molecule has 2 N–H and O–H groups in total. The van der Waals surface area contributed by atoms with E-state index in [0.29, 0.717) is 5.25 Å². The molecule has 0 saturated heterocycles. The molecule has 0 spiro atoms. The molecule has 1 aromatic rings. The quantitative estimate of drug-likeness (QED) is 0.868. The van der Waals surface area contributed by atoms with Crippen molar-refractivity contribution in [2.45, 2.75) is 62.5 Å². The first kappa shape index (κ1) is 14.0. The van der Waals surface area contributed by atoms with Gasteiger partial charge >= 0.3 is 0 Å². The Morgan fingerprint density at radius 2 is 1.72 bits per heavy atom. The van der Waals surface area contributed by atoms with Gasteiger partial charge in [-0.15, -0.1) is 11.8 Å². The predicted octanol–water partition coefficient (Wildman–Crippen LogP) is 4.45. The van der Waals surface area contributed by atoms with Crippen molar-refractivity contribution in [3.8, 4) is 0 Å². The van der Waals surface area contributed by atoms with E-state index in [1.165, 1.54) is 43.2 Å². The first-order valence-electron chi connectivity index (χ1n) is 7.14. The summed E-state index contributed by atoms with van der Waals surface area (Å²) in [5.41, 5.74) is 8.92. The molecule has 2 heteroatoms. The van der Waals surface area contributed by atoms with E-state index in [-0.39, 0.29) is 6.04 Å². The molecule has 0 aliphatic heterocycles. The number of nitrogens with two attached hydrogens (primary N) is 1. The van der Waals surface area contributed by atoms with Gasteiger partial charge in [0, 0.05) is 16.5 Å². The van der Waals surface area contributed by atoms with E-state index < -0.39 is 0 Å². The average molecular weight is 263 g/mol. The van der Waals surface area contributed by atoms with Crippen LogP contribution >= 0.6 is 11.8 Å². The Bertz CT molecular complexity index is 352. The molecule has 18 heavy (non-hydrogen) atoms. The summed E-state index contributed by atoms with van der Waals surface area (Å²) in [6, 6.07) is 9.12. The molecule has 100 valence electrons. The second-order valence-electron chi connectivity index (χ2n) is 5.59. The maximum atomic E-state index is 6.20. The average Bonchev–Trinajstić information content (AvgIpc) is 2.38. The number of hydrogen-bond donors (Lipinski definition) is 1. The molecule has 1 saturated carbocycles. The minimum absolute atomic E-state index is 0.222. The van der Waals surface area contributed by atoms with Crippen molar-refractivity contribution in [3.63, 3.8) is 0 Å². The molecule has 0 heterocycles. The molecular weight excluding hydrogens is 238 g/mol. The molecule has 1 nitrogen and oxygen atoms in total. The maximum absolute atomic E-state index is 6.20. The van der Waals surface area contributed by atoms with Crippen molar-refractivity contribution in [2.75, 3.05) is 0 Å². The normalized spacial score (nSPS) is 20.6. The van der Waals surface area contributed by atoms with Crippen molar-refractivity contribution in [1.82, 2.24) is 0 Å². The maximum Gasteiger partial charge on any atom is 0.0448 e. The van der Waals surface area contributed by atoms with Crippen LogP contribution in [0.2, 0.25) is 0 Å². The van der Waals surface area contributed by atoms with Crippen molar-refractivity contribution < 1.29 is 0 Å². The van der Waals surface area contributed by atoms with E-state index in [2.05, 4.69) is 49.9 Å². The summed E-state index contributed by atoms with van der Waals surface area (Å²) in [4.78, 5) is 0. The Kier molecular flexibility index (Phi) is 5.13. The minimum atomic E-state index is 0.222. The van der Waals surface area contributed by atoms with E-state index in [1.54, 1.807) is 0 Å². The van der Waals surface area contributed by atoms with E-state index in [4.69, 9.17) is 5.73 Å². The van der Waals surface area contributed by atoms with E-state index >= 15 is 0 Å². The van der Waals surface area contributed by atoms with Crippen LogP contribution < -0.4 is 5.73 Å². The van der Waals surface area contributed by atoms with Crippen LogP contribution in [0.15, 0.2) is 24.3 Å². The lowest BCUT2D eigenvalue weighted by molar-refractivity contribution is 0.513. The van der Waals surface area contributed by atoms with Crippen molar-refractivity contribution >= 4 is 11.8 Å². The van der Waals surface area contributed by atoms with E-state index in [0.717, 1.165) is 5.25 Å². The van der Waals surface area contributed by atoms with Gasteiger partial charge < -0.3 is 5.73 Å². The highest BCUT2D eigenvalue weighted by molar-refractivity contribution is 8.00. The zero-order chi connectivity index (χ0) is 13.0. The van der Waals surface area contributed by atoms with Gasteiger partial charge in [-0.05, 0) is 32.3 Å². The number of aryl methyl sites for hydroxylation is 1. The van der Waals surface area contributed by atoms with Gasteiger partial charge in [0.1, 0.15) is 0 Å². The fourth-order valence-corrected chi connectivity index (χ4v) is 4.25. The molecule has 2 atom stereocenters. The molecule has 0 aromatic heterocycles. The van der Waals surface area contributed by atoms with Crippen LogP contribution in [-0.2, 0) is 0 Å². The number of benzene rings is 1. The highest BCUT2D eigenvalue weighted by atomic mass is 32.2. The fraction of sp³-hybridized carbons (Fsp3) is 0.625. The molecule has 0 radical (unpaired) electrons. The molecule has 2 unspecified atom stereocenters. The van der Waals surface area contributed by atoms with Gasteiger partial charge in [-0.3, -0.25) is 0 Å². The molecule has 0 bridgehead atoms. The van der Waals surface area contributed by atoms with Crippen molar-refractivity contribution in [2.24, 2.45) is 5.73 Å². The van der Waals surface area contributed by atoms with Gasteiger partial charge in [-0.25, -0.2) is 0 Å². The topological polar surface area (TPSA) is 26.0 Å². The summed E-state index contributed by atoms with van der Waals surface area (Å²) in [6.45, 7) is 4.28. The van der Waals surface area contributed by atoms with E-state index in [1.807, 2.05) is 0 Å². The van der Waals surface area contributed by atoms with Crippen LogP contribution in [0.5, 0.6) is 0 Å².